The Hall–Kier alpha value is -1.71. The molecule has 0 amide bonds. The van der Waals surface area contributed by atoms with Crippen LogP contribution in [0.2, 0.25) is 0 Å². The minimum absolute atomic E-state index is 0.402. The standard InChI is InChI=1S/C15H18N2O/c1-16-10-8-15(18)13-6-4-12(5-7-13)14-3-2-9-17-11-14/h2-7,9,11,15-16,18H,8,10H2,1H3. The quantitative estimate of drug-likeness (QED) is 0.846. The van der Waals surface area contributed by atoms with E-state index in [1.807, 2.05) is 49.6 Å². The summed E-state index contributed by atoms with van der Waals surface area (Å²) in [5, 5.41) is 13.0. The molecular weight excluding hydrogens is 224 g/mol. The molecule has 2 N–H and O–H groups in total. The molecule has 2 aromatic rings. The first-order chi connectivity index (χ1) is 8.81. The third-order valence-corrected chi connectivity index (χ3v) is 2.96. The maximum absolute atomic E-state index is 9.96. The lowest BCUT2D eigenvalue weighted by molar-refractivity contribution is 0.168. The molecule has 3 heteroatoms. The highest BCUT2D eigenvalue weighted by molar-refractivity contribution is 5.62. The summed E-state index contributed by atoms with van der Waals surface area (Å²) >= 11 is 0. The predicted molar refractivity (Wildman–Crippen MR) is 73.2 cm³/mol. The zero-order valence-electron chi connectivity index (χ0n) is 10.5. The minimum atomic E-state index is -0.402. The molecular formula is C15H18N2O. The fraction of sp³-hybridized carbons (Fsp3) is 0.267. The summed E-state index contributed by atoms with van der Waals surface area (Å²) in [6.07, 6.45) is 3.93. The third kappa shape index (κ3) is 3.15. The molecule has 0 aliphatic heterocycles. The summed E-state index contributed by atoms with van der Waals surface area (Å²) in [5.41, 5.74) is 3.17. The van der Waals surface area contributed by atoms with Gasteiger partial charge in [0, 0.05) is 12.4 Å². The van der Waals surface area contributed by atoms with Crippen molar-refractivity contribution in [2.24, 2.45) is 0 Å². The normalized spacial score (nSPS) is 12.3. The molecule has 1 aromatic heterocycles. The molecule has 1 aromatic carbocycles. The Morgan fingerprint density at radius 1 is 1.17 bits per heavy atom. The lowest BCUT2D eigenvalue weighted by atomic mass is 10.0. The zero-order chi connectivity index (χ0) is 12.8. The van der Waals surface area contributed by atoms with Crippen LogP contribution < -0.4 is 5.32 Å². The summed E-state index contributed by atoms with van der Waals surface area (Å²) in [6, 6.07) is 11.9. The summed E-state index contributed by atoms with van der Waals surface area (Å²) in [4.78, 5) is 4.10. The Morgan fingerprint density at radius 2 is 1.94 bits per heavy atom. The van der Waals surface area contributed by atoms with Crippen LogP contribution in [0.5, 0.6) is 0 Å². The number of rotatable bonds is 5. The topological polar surface area (TPSA) is 45.1 Å². The van der Waals surface area contributed by atoms with E-state index in [1.165, 1.54) is 0 Å². The van der Waals surface area contributed by atoms with Crippen LogP contribution in [0.3, 0.4) is 0 Å². The molecule has 3 nitrogen and oxygen atoms in total. The second kappa shape index (κ2) is 6.28. The summed E-state index contributed by atoms with van der Waals surface area (Å²) < 4.78 is 0. The van der Waals surface area contributed by atoms with Crippen molar-refractivity contribution in [2.75, 3.05) is 13.6 Å². The van der Waals surface area contributed by atoms with Crippen LogP contribution in [0.15, 0.2) is 48.8 Å². The van der Waals surface area contributed by atoms with Crippen LogP contribution in [0.4, 0.5) is 0 Å². The van der Waals surface area contributed by atoms with Crippen molar-refractivity contribution in [3.8, 4) is 11.1 Å². The number of hydrogen-bond acceptors (Lipinski definition) is 3. The molecule has 1 heterocycles. The van der Waals surface area contributed by atoms with E-state index in [2.05, 4.69) is 10.3 Å². The molecule has 1 unspecified atom stereocenters. The Balaban J connectivity index is 2.10. The van der Waals surface area contributed by atoms with E-state index in [4.69, 9.17) is 0 Å². The number of benzene rings is 1. The van der Waals surface area contributed by atoms with E-state index in [-0.39, 0.29) is 0 Å². The Morgan fingerprint density at radius 3 is 2.56 bits per heavy atom. The number of hydrogen-bond donors (Lipinski definition) is 2. The maximum atomic E-state index is 9.96. The number of aromatic nitrogens is 1. The molecule has 18 heavy (non-hydrogen) atoms. The molecule has 0 bridgehead atoms. The summed E-state index contributed by atoms with van der Waals surface area (Å²) in [5.74, 6) is 0. The average molecular weight is 242 g/mol. The molecule has 0 radical (unpaired) electrons. The first kappa shape index (κ1) is 12.7. The van der Waals surface area contributed by atoms with E-state index >= 15 is 0 Å². The summed E-state index contributed by atoms with van der Waals surface area (Å²) in [6.45, 7) is 0.811. The van der Waals surface area contributed by atoms with E-state index in [0.29, 0.717) is 0 Å². The van der Waals surface area contributed by atoms with E-state index in [1.54, 1.807) is 6.20 Å². The van der Waals surface area contributed by atoms with Crippen LogP contribution in [-0.2, 0) is 0 Å². The lowest BCUT2D eigenvalue weighted by Gasteiger charge is -2.11. The second-order valence-electron chi connectivity index (χ2n) is 4.27. The van der Waals surface area contributed by atoms with E-state index in [9.17, 15) is 5.11 Å². The van der Waals surface area contributed by atoms with Gasteiger partial charge in [-0.05, 0) is 42.8 Å². The molecule has 0 aliphatic rings. The Kier molecular flexibility index (Phi) is 4.45. The van der Waals surface area contributed by atoms with Gasteiger partial charge in [-0.3, -0.25) is 4.98 Å². The van der Waals surface area contributed by atoms with Crippen LogP contribution in [0.1, 0.15) is 18.1 Å². The van der Waals surface area contributed by atoms with Gasteiger partial charge in [0.05, 0.1) is 6.10 Å². The van der Waals surface area contributed by atoms with Crippen molar-refractivity contribution in [2.45, 2.75) is 12.5 Å². The molecule has 0 aliphatic carbocycles. The van der Waals surface area contributed by atoms with Crippen LogP contribution >= 0.6 is 0 Å². The van der Waals surface area contributed by atoms with Gasteiger partial charge in [-0.2, -0.15) is 0 Å². The van der Waals surface area contributed by atoms with Gasteiger partial charge >= 0.3 is 0 Å². The first-order valence-electron chi connectivity index (χ1n) is 6.14. The summed E-state index contributed by atoms with van der Waals surface area (Å²) in [7, 11) is 1.89. The Labute approximate surface area is 108 Å². The fourth-order valence-corrected chi connectivity index (χ4v) is 1.88. The van der Waals surface area contributed by atoms with Gasteiger partial charge in [0.25, 0.3) is 0 Å². The fourth-order valence-electron chi connectivity index (χ4n) is 1.88. The third-order valence-electron chi connectivity index (χ3n) is 2.96. The van der Waals surface area contributed by atoms with Crippen molar-refractivity contribution in [1.82, 2.24) is 10.3 Å². The monoisotopic (exact) mass is 242 g/mol. The highest BCUT2D eigenvalue weighted by Crippen LogP contribution is 2.22. The van der Waals surface area contributed by atoms with Gasteiger partial charge in [0.15, 0.2) is 0 Å². The van der Waals surface area contributed by atoms with E-state index in [0.717, 1.165) is 29.7 Å². The largest absolute Gasteiger partial charge is 0.388 e. The molecule has 0 fully saturated rings. The molecule has 0 spiro atoms. The molecule has 94 valence electrons. The van der Waals surface area contributed by atoms with Crippen molar-refractivity contribution < 1.29 is 5.11 Å². The molecule has 0 saturated carbocycles. The van der Waals surface area contributed by atoms with Gasteiger partial charge in [-0.1, -0.05) is 30.3 Å². The van der Waals surface area contributed by atoms with Gasteiger partial charge in [-0.25, -0.2) is 0 Å². The highest BCUT2D eigenvalue weighted by atomic mass is 16.3. The molecule has 0 saturated heterocycles. The van der Waals surface area contributed by atoms with Crippen LogP contribution in [-0.4, -0.2) is 23.7 Å². The van der Waals surface area contributed by atoms with Crippen molar-refractivity contribution in [3.63, 3.8) is 0 Å². The number of nitrogens with one attached hydrogen (secondary N) is 1. The lowest BCUT2D eigenvalue weighted by Crippen LogP contribution is -2.11. The zero-order valence-corrected chi connectivity index (χ0v) is 10.5. The van der Waals surface area contributed by atoms with Crippen molar-refractivity contribution >= 4 is 0 Å². The maximum Gasteiger partial charge on any atom is 0.0802 e. The van der Waals surface area contributed by atoms with Gasteiger partial charge in [-0.15, -0.1) is 0 Å². The van der Waals surface area contributed by atoms with Crippen molar-refractivity contribution in [3.05, 3.63) is 54.4 Å². The predicted octanol–water partition coefficient (Wildman–Crippen LogP) is 2.39. The number of pyridine rings is 1. The Bertz CT molecular complexity index is 468. The molecule has 1 atom stereocenters. The second-order valence-corrected chi connectivity index (χ2v) is 4.27. The van der Waals surface area contributed by atoms with E-state index < -0.39 is 6.10 Å². The first-order valence-corrected chi connectivity index (χ1v) is 6.14. The SMILES string of the molecule is CNCCC(O)c1ccc(-c2cccnc2)cc1. The minimum Gasteiger partial charge on any atom is -0.388 e. The van der Waals surface area contributed by atoms with Crippen molar-refractivity contribution in [1.29, 1.82) is 0 Å². The highest BCUT2D eigenvalue weighted by Gasteiger charge is 2.06. The average Bonchev–Trinajstić information content (AvgIpc) is 2.46. The van der Waals surface area contributed by atoms with Gasteiger partial charge in [0.2, 0.25) is 0 Å². The smallest absolute Gasteiger partial charge is 0.0802 e. The number of nitrogens with zero attached hydrogens (tertiary/aromatic N) is 1. The number of aliphatic hydroxyl groups excluding tert-OH is 1. The van der Waals surface area contributed by atoms with Gasteiger partial charge in [0.1, 0.15) is 0 Å². The molecule has 2 rings (SSSR count). The van der Waals surface area contributed by atoms with Crippen LogP contribution in [0.25, 0.3) is 11.1 Å². The van der Waals surface area contributed by atoms with Crippen LogP contribution in [0, 0.1) is 0 Å². The number of aliphatic hydroxyl groups is 1. The van der Waals surface area contributed by atoms with Gasteiger partial charge < -0.3 is 10.4 Å².